The molecule has 0 radical (unpaired) electrons. The quantitative estimate of drug-likeness (QED) is 0.822. The third kappa shape index (κ3) is 3.02. The van der Waals surface area contributed by atoms with Crippen LogP contribution in [0.3, 0.4) is 0 Å². The molecular weight excluding hydrogens is 240 g/mol. The minimum Gasteiger partial charge on any atom is -0.388 e. The van der Waals surface area contributed by atoms with E-state index in [1.165, 1.54) is 11.3 Å². The number of nitrogens with one attached hydrogen (secondary N) is 1. The van der Waals surface area contributed by atoms with Crippen LogP contribution in [-0.2, 0) is 11.3 Å². The maximum absolute atomic E-state index is 11.7. The Morgan fingerprint density at radius 1 is 1.71 bits per heavy atom. The third-order valence-corrected chi connectivity index (χ3v) is 3.74. The molecule has 1 aliphatic rings. The minimum atomic E-state index is -0.693. The molecule has 1 aromatic heterocycles. The fraction of sp³-hybridized carbons (Fsp3) is 0.636. The van der Waals surface area contributed by atoms with Crippen LogP contribution in [0.15, 0.2) is 5.38 Å². The highest BCUT2D eigenvalue weighted by Crippen LogP contribution is 2.30. The SMILES string of the molecule is COCc1nc(C(=O)NCC2(O)CCC2)cs1. The summed E-state index contributed by atoms with van der Waals surface area (Å²) in [5.41, 5.74) is -0.300. The maximum atomic E-state index is 11.7. The maximum Gasteiger partial charge on any atom is 0.270 e. The van der Waals surface area contributed by atoms with E-state index in [4.69, 9.17) is 4.74 Å². The van der Waals surface area contributed by atoms with E-state index in [1.54, 1.807) is 12.5 Å². The Morgan fingerprint density at radius 2 is 2.47 bits per heavy atom. The second-order valence-corrected chi connectivity index (χ2v) is 5.26. The van der Waals surface area contributed by atoms with Gasteiger partial charge in [-0.15, -0.1) is 11.3 Å². The van der Waals surface area contributed by atoms with Crippen molar-refractivity contribution in [1.29, 1.82) is 0 Å². The van der Waals surface area contributed by atoms with Gasteiger partial charge in [0.25, 0.3) is 5.91 Å². The fourth-order valence-corrected chi connectivity index (χ4v) is 2.45. The largest absolute Gasteiger partial charge is 0.388 e. The number of thiazole rings is 1. The smallest absolute Gasteiger partial charge is 0.270 e. The molecule has 0 unspecified atom stereocenters. The lowest BCUT2D eigenvalue weighted by molar-refractivity contribution is -0.0300. The summed E-state index contributed by atoms with van der Waals surface area (Å²) in [6.07, 6.45) is 2.56. The molecular formula is C11H16N2O3S. The average molecular weight is 256 g/mol. The lowest BCUT2D eigenvalue weighted by Gasteiger charge is -2.36. The molecule has 17 heavy (non-hydrogen) atoms. The summed E-state index contributed by atoms with van der Waals surface area (Å²) in [4.78, 5) is 15.9. The number of carbonyl (C=O) groups excluding carboxylic acids is 1. The van der Waals surface area contributed by atoms with Gasteiger partial charge < -0.3 is 15.2 Å². The van der Waals surface area contributed by atoms with Gasteiger partial charge in [-0.2, -0.15) is 0 Å². The Balaban J connectivity index is 1.85. The molecule has 1 fully saturated rings. The number of aromatic nitrogens is 1. The summed E-state index contributed by atoms with van der Waals surface area (Å²) in [6.45, 7) is 0.727. The lowest BCUT2D eigenvalue weighted by Crippen LogP contribution is -2.47. The van der Waals surface area contributed by atoms with Crippen molar-refractivity contribution in [3.8, 4) is 0 Å². The number of methoxy groups -OCH3 is 1. The van der Waals surface area contributed by atoms with E-state index < -0.39 is 5.60 Å². The molecule has 5 nitrogen and oxygen atoms in total. The van der Waals surface area contributed by atoms with Gasteiger partial charge >= 0.3 is 0 Å². The molecule has 0 aromatic carbocycles. The number of aliphatic hydroxyl groups is 1. The van der Waals surface area contributed by atoms with Gasteiger partial charge in [-0.1, -0.05) is 0 Å². The first kappa shape index (κ1) is 12.5. The first-order valence-corrected chi connectivity index (χ1v) is 6.45. The molecule has 2 rings (SSSR count). The number of hydrogen-bond donors (Lipinski definition) is 2. The van der Waals surface area contributed by atoms with Crippen molar-refractivity contribution in [2.75, 3.05) is 13.7 Å². The molecule has 1 amide bonds. The van der Waals surface area contributed by atoms with Crippen LogP contribution in [0.2, 0.25) is 0 Å². The molecule has 1 saturated carbocycles. The van der Waals surface area contributed by atoms with Gasteiger partial charge in [-0.25, -0.2) is 4.98 Å². The fourth-order valence-electron chi connectivity index (χ4n) is 1.70. The highest BCUT2D eigenvalue weighted by molar-refractivity contribution is 7.09. The van der Waals surface area contributed by atoms with Crippen molar-refractivity contribution < 1.29 is 14.6 Å². The Labute approximate surface area is 104 Å². The monoisotopic (exact) mass is 256 g/mol. The van der Waals surface area contributed by atoms with E-state index in [9.17, 15) is 9.90 Å². The van der Waals surface area contributed by atoms with Crippen LogP contribution in [-0.4, -0.2) is 35.3 Å². The molecule has 0 spiro atoms. The van der Waals surface area contributed by atoms with Crippen LogP contribution in [0, 0.1) is 0 Å². The number of carbonyl (C=O) groups is 1. The molecule has 0 aliphatic heterocycles. The van der Waals surface area contributed by atoms with E-state index in [2.05, 4.69) is 10.3 Å². The summed E-state index contributed by atoms with van der Waals surface area (Å²) in [6, 6.07) is 0. The molecule has 1 aliphatic carbocycles. The minimum absolute atomic E-state index is 0.232. The Morgan fingerprint density at radius 3 is 3.06 bits per heavy atom. The number of nitrogens with zero attached hydrogens (tertiary/aromatic N) is 1. The number of amides is 1. The zero-order valence-corrected chi connectivity index (χ0v) is 10.5. The number of ether oxygens (including phenoxy) is 1. The zero-order chi connectivity index (χ0) is 12.3. The van der Waals surface area contributed by atoms with Crippen LogP contribution in [0.25, 0.3) is 0 Å². The van der Waals surface area contributed by atoms with Crippen molar-refractivity contribution in [3.63, 3.8) is 0 Å². The van der Waals surface area contributed by atoms with Crippen molar-refractivity contribution in [1.82, 2.24) is 10.3 Å². The third-order valence-electron chi connectivity index (χ3n) is 2.91. The first-order valence-electron chi connectivity index (χ1n) is 5.57. The summed E-state index contributed by atoms with van der Waals surface area (Å²) in [7, 11) is 1.59. The highest BCUT2D eigenvalue weighted by Gasteiger charge is 2.34. The summed E-state index contributed by atoms with van der Waals surface area (Å²) in [5.74, 6) is -0.232. The van der Waals surface area contributed by atoms with Gasteiger partial charge in [0.2, 0.25) is 0 Å². The van der Waals surface area contributed by atoms with Crippen LogP contribution >= 0.6 is 11.3 Å². The molecule has 0 bridgehead atoms. The second kappa shape index (κ2) is 5.12. The van der Waals surface area contributed by atoms with E-state index in [0.717, 1.165) is 24.3 Å². The van der Waals surface area contributed by atoms with Gasteiger partial charge in [0.1, 0.15) is 10.7 Å². The summed E-state index contributed by atoms with van der Waals surface area (Å²) >= 11 is 1.40. The second-order valence-electron chi connectivity index (χ2n) is 4.32. The molecule has 0 atom stereocenters. The highest BCUT2D eigenvalue weighted by atomic mass is 32.1. The van der Waals surface area contributed by atoms with Crippen LogP contribution in [0.5, 0.6) is 0 Å². The van der Waals surface area contributed by atoms with Crippen LogP contribution in [0.4, 0.5) is 0 Å². The summed E-state index contributed by atoms with van der Waals surface area (Å²) < 4.78 is 4.94. The average Bonchev–Trinajstić information content (AvgIpc) is 2.72. The normalized spacial score (nSPS) is 17.5. The number of hydrogen-bond acceptors (Lipinski definition) is 5. The van der Waals surface area contributed by atoms with Crippen molar-refractivity contribution in [2.24, 2.45) is 0 Å². The van der Waals surface area contributed by atoms with Gasteiger partial charge in [-0.05, 0) is 19.3 Å². The lowest BCUT2D eigenvalue weighted by atomic mass is 9.80. The standard InChI is InChI=1S/C11H16N2O3S/c1-16-5-9-13-8(6-17-9)10(14)12-7-11(15)3-2-4-11/h6,15H,2-5,7H2,1H3,(H,12,14). The predicted molar refractivity (Wildman–Crippen MR) is 64.0 cm³/mol. The van der Waals surface area contributed by atoms with Crippen LogP contribution in [0.1, 0.15) is 34.8 Å². The first-order chi connectivity index (χ1) is 8.13. The molecule has 6 heteroatoms. The van der Waals surface area contributed by atoms with Crippen molar-refractivity contribution >= 4 is 17.2 Å². The molecule has 1 aromatic rings. The number of rotatable bonds is 5. The van der Waals surface area contributed by atoms with E-state index in [0.29, 0.717) is 18.8 Å². The van der Waals surface area contributed by atoms with Gasteiger partial charge in [0.05, 0.1) is 12.2 Å². The molecule has 2 N–H and O–H groups in total. The van der Waals surface area contributed by atoms with Gasteiger partial charge in [0.15, 0.2) is 0 Å². The zero-order valence-electron chi connectivity index (χ0n) is 9.73. The van der Waals surface area contributed by atoms with Gasteiger partial charge in [0, 0.05) is 19.0 Å². The Hall–Kier alpha value is -0.980. The predicted octanol–water partition coefficient (Wildman–Crippen LogP) is 0.934. The Bertz CT molecular complexity index is 401. The van der Waals surface area contributed by atoms with Crippen molar-refractivity contribution in [2.45, 2.75) is 31.5 Å². The van der Waals surface area contributed by atoms with Crippen LogP contribution < -0.4 is 5.32 Å². The molecule has 1 heterocycles. The van der Waals surface area contributed by atoms with Gasteiger partial charge in [-0.3, -0.25) is 4.79 Å². The summed E-state index contributed by atoms with van der Waals surface area (Å²) in [5, 5.41) is 15.0. The van der Waals surface area contributed by atoms with Crippen molar-refractivity contribution in [3.05, 3.63) is 16.1 Å². The molecule has 0 saturated heterocycles. The Kier molecular flexibility index (Phi) is 3.76. The topological polar surface area (TPSA) is 71.5 Å². The van der Waals surface area contributed by atoms with E-state index >= 15 is 0 Å². The van der Waals surface area contributed by atoms with E-state index in [-0.39, 0.29) is 5.91 Å². The van der Waals surface area contributed by atoms with E-state index in [1.807, 2.05) is 0 Å². The molecule has 94 valence electrons.